The van der Waals surface area contributed by atoms with Crippen molar-refractivity contribution in [2.45, 2.75) is 18.4 Å². The van der Waals surface area contributed by atoms with Crippen molar-refractivity contribution in [3.05, 3.63) is 35.2 Å². The zero-order valence-corrected chi connectivity index (χ0v) is 21.4. The molecule has 0 radical (unpaired) electrons. The van der Waals surface area contributed by atoms with Crippen molar-refractivity contribution in [2.24, 2.45) is 0 Å². The van der Waals surface area contributed by atoms with E-state index >= 15 is 0 Å². The molecule has 0 spiro atoms. The zero-order valence-electron chi connectivity index (χ0n) is 19.8. The van der Waals surface area contributed by atoms with Gasteiger partial charge in [-0.1, -0.05) is 0 Å². The van der Waals surface area contributed by atoms with Gasteiger partial charge in [-0.3, -0.25) is 4.79 Å². The first-order valence-electron chi connectivity index (χ1n) is 11.1. The Morgan fingerprint density at radius 3 is 1.94 bits per heavy atom. The number of carbonyl (C=O) groups excluding carboxylic acids is 1. The molecule has 0 saturated heterocycles. The highest BCUT2D eigenvalue weighted by Crippen LogP contribution is 2.20. The van der Waals surface area contributed by atoms with Gasteiger partial charge in [0.2, 0.25) is 0 Å². The van der Waals surface area contributed by atoms with Crippen LogP contribution in [0.2, 0.25) is 0 Å². The SMILES string of the molecule is CCOCCOCCOCCOCCNC(=O)c1ccc2nc(CSC)c(CSC)nc2c1. The molecule has 1 N–H and O–H groups in total. The molecule has 1 aromatic carbocycles. The number of ether oxygens (including phenoxy) is 4. The predicted molar refractivity (Wildman–Crippen MR) is 135 cm³/mol. The van der Waals surface area contributed by atoms with Crippen molar-refractivity contribution in [2.75, 3.05) is 71.9 Å². The maximum absolute atomic E-state index is 12.5. The zero-order chi connectivity index (χ0) is 23.7. The molecule has 0 unspecified atom stereocenters. The van der Waals surface area contributed by atoms with Crippen molar-refractivity contribution in [3.63, 3.8) is 0 Å². The first-order valence-corrected chi connectivity index (χ1v) is 13.8. The molecule has 0 aliphatic heterocycles. The number of thioether (sulfide) groups is 2. The van der Waals surface area contributed by atoms with E-state index in [-0.39, 0.29) is 5.91 Å². The van der Waals surface area contributed by atoms with Gasteiger partial charge in [0.1, 0.15) is 0 Å². The number of hydrogen-bond acceptors (Lipinski definition) is 9. The Kier molecular flexibility index (Phi) is 14.4. The average Bonchev–Trinajstić information content (AvgIpc) is 2.82. The summed E-state index contributed by atoms with van der Waals surface area (Å²) in [6.07, 6.45) is 4.10. The number of fused-ring (bicyclic) bond motifs is 1. The third kappa shape index (κ3) is 10.6. The number of aromatic nitrogens is 2. The van der Waals surface area contributed by atoms with Crippen LogP contribution in [-0.2, 0) is 30.5 Å². The van der Waals surface area contributed by atoms with Crippen LogP contribution in [0.25, 0.3) is 11.0 Å². The van der Waals surface area contributed by atoms with Gasteiger partial charge in [-0.15, -0.1) is 0 Å². The summed E-state index contributed by atoms with van der Waals surface area (Å²) in [4.78, 5) is 22.0. The summed E-state index contributed by atoms with van der Waals surface area (Å²) in [6.45, 7) is 6.71. The third-order valence-corrected chi connectivity index (χ3v) is 5.62. The van der Waals surface area contributed by atoms with Crippen LogP contribution in [0.4, 0.5) is 0 Å². The lowest BCUT2D eigenvalue weighted by Gasteiger charge is -2.10. The third-order valence-electron chi connectivity index (χ3n) is 4.50. The van der Waals surface area contributed by atoms with E-state index in [1.807, 2.05) is 19.2 Å². The Labute approximate surface area is 204 Å². The standard InChI is InChI=1S/C23H35N3O5S2/c1-4-28-9-10-30-13-14-31-12-11-29-8-7-24-23(27)18-5-6-19-20(15-18)26-22(17-33-3)21(25-19)16-32-2/h5-6,15H,4,7-14,16-17H2,1-3H3,(H,24,27). The van der Waals surface area contributed by atoms with E-state index in [0.29, 0.717) is 65.0 Å². The van der Waals surface area contributed by atoms with Gasteiger partial charge < -0.3 is 24.3 Å². The Morgan fingerprint density at radius 2 is 1.36 bits per heavy atom. The quantitative estimate of drug-likeness (QED) is 0.312. The average molecular weight is 498 g/mol. The fourth-order valence-corrected chi connectivity index (χ4v) is 3.93. The first-order chi connectivity index (χ1) is 16.2. The minimum absolute atomic E-state index is 0.151. The fourth-order valence-electron chi connectivity index (χ4n) is 2.92. The summed E-state index contributed by atoms with van der Waals surface area (Å²) in [5, 5.41) is 2.88. The molecule has 0 fully saturated rings. The van der Waals surface area contributed by atoms with Crippen LogP contribution in [0.15, 0.2) is 18.2 Å². The number of carbonyl (C=O) groups is 1. The number of hydrogen-bond donors (Lipinski definition) is 1. The number of nitrogens with one attached hydrogen (secondary N) is 1. The molecule has 2 aromatic rings. The number of rotatable bonds is 18. The molecule has 8 nitrogen and oxygen atoms in total. The van der Waals surface area contributed by atoms with Gasteiger partial charge in [-0.2, -0.15) is 23.5 Å². The highest BCUT2D eigenvalue weighted by molar-refractivity contribution is 7.98. The predicted octanol–water partition coefficient (Wildman–Crippen LogP) is 3.17. The molecule has 0 atom stereocenters. The molecule has 1 aromatic heterocycles. The van der Waals surface area contributed by atoms with Gasteiger partial charge in [0.15, 0.2) is 0 Å². The Hall–Kier alpha value is -1.43. The smallest absolute Gasteiger partial charge is 0.251 e. The van der Waals surface area contributed by atoms with Gasteiger partial charge in [-0.05, 0) is 37.6 Å². The van der Waals surface area contributed by atoms with Gasteiger partial charge in [0.25, 0.3) is 5.91 Å². The molecular formula is C23H35N3O5S2. The maximum Gasteiger partial charge on any atom is 0.251 e. The molecule has 0 aliphatic rings. The molecule has 1 amide bonds. The van der Waals surface area contributed by atoms with Crippen LogP contribution >= 0.6 is 23.5 Å². The molecule has 33 heavy (non-hydrogen) atoms. The molecule has 2 rings (SSSR count). The molecule has 0 aliphatic carbocycles. The number of amides is 1. The minimum atomic E-state index is -0.151. The van der Waals surface area contributed by atoms with E-state index in [4.69, 9.17) is 28.9 Å². The van der Waals surface area contributed by atoms with Crippen molar-refractivity contribution >= 4 is 40.5 Å². The second-order valence-electron chi connectivity index (χ2n) is 6.98. The second-order valence-corrected chi connectivity index (χ2v) is 8.71. The van der Waals surface area contributed by atoms with Crippen molar-refractivity contribution < 1.29 is 23.7 Å². The maximum atomic E-state index is 12.5. The lowest BCUT2D eigenvalue weighted by atomic mass is 10.1. The van der Waals surface area contributed by atoms with Crippen molar-refractivity contribution in [1.29, 1.82) is 0 Å². The van der Waals surface area contributed by atoms with Crippen molar-refractivity contribution in [3.8, 4) is 0 Å². The van der Waals surface area contributed by atoms with E-state index in [1.54, 1.807) is 35.7 Å². The Morgan fingerprint density at radius 1 is 0.818 bits per heavy atom. The van der Waals surface area contributed by atoms with Crippen LogP contribution < -0.4 is 5.32 Å². The fraction of sp³-hybridized carbons (Fsp3) is 0.609. The van der Waals surface area contributed by atoms with Gasteiger partial charge in [0, 0.05) is 30.2 Å². The normalized spacial score (nSPS) is 11.2. The molecule has 0 bridgehead atoms. The minimum Gasteiger partial charge on any atom is -0.379 e. The van der Waals surface area contributed by atoms with Crippen LogP contribution in [0.5, 0.6) is 0 Å². The van der Waals surface area contributed by atoms with Gasteiger partial charge in [0.05, 0.1) is 68.7 Å². The van der Waals surface area contributed by atoms with Crippen LogP contribution in [0, 0.1) is 0 Å². The van der Waals surface area contributed by atoms with E-state index in [1.165, 1.54) is 0 Å². The van der Waals surface area contributed by atoms with Crippen LogP contribution in [-0.4, -0.2) is 87.8 Å². The largest absolute Gasteiger partial charge is 0.379 e. The van der Waals surface area contributed by atoms with Crippen molar-refractivity contribution in [1.82, 2.24) is 15.3 Å². The highest BCUT2D eigenvalue weighted by atomic mass is 32.2. The van der Waals surface area contributed by atoms with E-state index < -0.39 is 0 Å². The molecule has 184 valence electrons. The lowest BCUT2D eigenvalue weighted by molar-refractivity contribution is -0.0000531. The monoisotopic (exact) mass is 497 g/mol. The second kappa shape index (κ2) is 17.1. The van der Waals surface area contributed by atoms with E-state index in [9.17, 15) is 4.79 Å². The van der Waals surface area contributed by atoms with E-state index in [2.05, 4.69) is 11.6 Å². The van der Waals surface area contributed by atoms with Crippen LogP contribution in [0.3, 0.4) is 0 Å². The number of benzene rings is 1. The Balaban J connectivity index is 1.67. The van der Waals surface area contributed by atoms with E-state index in [0.717, 1.165) is 33.9 Å². The topological polar surface area (TPSA) is 91.8 Å². The molecule has 1 heterocycles. The summed E-state index contributed by atoms with van der Waals surface area (Å²) in [5.41, 5.74) is 4.11. The molecule has 10 heteroatoms. The summed E-state index contributed by atoms with van der Waals surface area (Å²) < 4.78 is 21.5. The summed E-state index contributed by atoms with van der Waals surface area (Å²) in [7, 11) is 0. The molecule has 0 saturated carbocycles. The van der Waals surface area contributed by atoms with Crippen LogP contribution in [0.1, 0.15) is 28.7 Å². The summed E-state index contributed by atoms with van der Waals surface area (Å²) >= 11 is 3.44. The highest BCUT2D eigenvalue weighted by Gasteiger charge is 2.11. The summed E-state index contributed by atoms with van der Waals surface area (Å²) in [5.74, 6) is 1.48. The number of nitrogens with zero attached hydrogens (tertiary/aromatic N) is 2. The Bertz CT molecular complexity index is 841. The molecular weight excluding hydrogens is 462 g/mol. The summed E-state index contributed by atoms with van der Waals surface area (Å²) in [6, 6.07) is 5.45. The van der Waals surface area contributed by atoms with Gasteiger partial charge >= 0.3 is 0 Å². The first kappa shape index (κ1) is 27.8. The lowest BCUT2D eigenvalue weighted by Crippen LogP contribution is -2.27. The van der Waals surface area contributed by atoms with Gasteiger partial charge in [-0.25, -0.2) is 9.97 Å².